The van der Waals surface area contributed by atoms with Gasteiger partial charge in [0.05, 0.1) is 6.26 Å². The van der Waals surface area contributed by atoms with E-state index in [-0.39, 0.29) is 5.78 Å². The quantitative estimate of drug-likeness (QED) is 0.666. The van der Waals surface area contributed by atoms with Crippen LogP contribution in [0.1, 0.15) is 42.8 Å². The lowest BCUT2D eigenvalue weighted by atomic mass is 10.0. The Morgan fingerprint density at radius 3 is 2.69 bits per heavy atom. The standard InChI is InChI=1S/C11H16O2/c1-8(2)4-5-10(12)11-9(3)6-7-13-11/h6-8H,4-5H2,1-3H3. The van der Waals surface area contributed by atoms with Crippen molar-refractivity contribution in [1.82, 2.24) is 0 Å². The van der Waals surface area contributed by atoms with E-state index in [1.54, 1.807) is 6.26 Å². The lowest BCUT2D eigenvalue weighted by Crippen LogP contribution is -2.01. The number of rotatable bonds is 4. The van der Waals surface area contributed by atoms with E-state index in [2.05, 4.69) is 13.8 Å². The Morgan fingerprint density at radius 2 is 2.23 bits per heavy atom. The van der Waals surface area contributed by atoms with Crippen molar-refractivity contribution in [2.75, 3.05) is 0 Å². The molecule has 0 unspecified atom stereocenters. The minimum absolute atomic E-state index is 0.121. The molecule has 1 heterocycles. The summed E-state index contributed by atoms with van der Waals surface area (Å²) in [5.74, 6) is 1.22. The number of Topliss-reactive ketones (excluding diaryl/α,β-unsaturated/α-hetero) is 1. The average Bonchev–Trinajstić information content (AvgIpc) is 2.47. The Bertz CT molecular complexity index is 284. The normalized spacial score (nSPS) is 10.8. The second-order valence-corrected chi connectivity index (χ2v) is 3.79. The van der Waals surface area contributed by atoms with Gasteiger partial charge in [0.1, 0.15) is 0 Å². The Labute approximate surface area is 78.9 Å². The molecule has 0 aliphatic rings. The molecule has 0 amide bonds. The van der Waals surface area contributed by atoms with Gasteiger partial charge in [-0.3, -0.25) is 4.79 Å². The molecule has 0 aliphatic carbocycles. The van der Waals surface area contributed by atoms with Gasteiger partial charge < -0.3 is 4.42 Å². The topological polar surface area (TPSA) is 30.2 Å². The Balaban J connectivity index is 2.54. The number of hydrogen-bond acceptors (Lipinski definition) is 2. The summed E-state index contributed by atoms with van der Waals surface area (Å²) in [5, 5.41) is 0. The van der Waals surface area contributed by atoms with Crippen LogP contribution >= 0.6 is 0 Å². The average molecular weight is 180 g/mol. The SMILES string of the molecule is Cc1ccoc1C(=O)CCC(C)C. The molecule has 0 aromatic carbocycles. The first-order chi connectivity index (χ1) is 6.11. The molecule has 0 bridgehead atoms. The van der Waals surface area contributed by atoms with E-state index in [1.807, 2.05) is 13.0 Å². The number of ketones is 1. The highest BCUT2D eigenvalue weighted by atomic mass is 16.3. The fourth-order valence-corrected chi connectivity index (χ4v) is 1.19. The summed E-state index contributed by atoms with van der Waals surface area (Å²) in [7, 11) is 0. The molecule has 2 nitrogen and oxygen atoms in total. The van der Waals surface area contributed by atoms with Gasteiger partial charge in [0.2, 0.25) is 0 Å². The van der Waals surface area contributed by atoms with E-state index < -0.39 is 0 Å². The molecule has 0 N–H and O–H groups in total. The molecule has 0 saturated carbocycles. The Kier molecular flexibility index (Phi) is 3.29. The van der Waals surface area contributed by atoms with E-state index in [4.69, 9.17) is 4.42 Å². The van der Waals surface area contributed by atoms with Crippen LogP contribution in [0.4, 0.5) is 0 Å². The van der Waals surface area contributed by atoms with Gasteiger partial charge in [-0.1, -0.05) is 13.8 Å². The Hall–Kier alpha value is -1.05. The zero-order valence-corrected chi connectivity index (χ0v) is 8.46. The van der Waals surface area contributed by atoms with Gasteiger partial charge in [-0.2, -0.15) is 0 Å². The number of hydrogen-bond donors (Lipinski definition) is 0. The lowest BCUT2D eigenvalue weighted by Gasteiger charge is -2.02. The third-order valence-corrected chi connectivity index (χ3v) is 2.06. The summed E-state index contributed by atoms with van der Waals surface area (Å²) in [6, 6.07) is 1.82. The largest absolute Gasteiger partial charge is 0.461 e. The Morgan fingerprint density at radius 1 is 1.54 bits per heavy atom. The number of carbonyl (C=O) groups excluding carboxylic acids is 1. The highest BCUT2D eigenvalue weighted by Gasteiger charge is 2.12. The maximum Gasteiger partial charge on any atom is 0.198 e. The molecule has 72 valence electrons. The van der Waals surface area contributed by atoms with Gasteiger partial charge >= 0.3 is 0 Å². The lowest BCUT2D eigenvalue weighted by molar-refractivity contribution is 0.0947. The minimum Gasteiger partial charge on any atom is -0.461 e. The van der Waals surface area contributed by atoms with Gasteiger partial charge in [-0.05, 0) is 30.9 Å². The zero-order chi connectivity index (χ0) is 9.84. The second-order valence-electron chi connectivity index (χ2n) is 3.79. The highest BCUT2D eigenvalue weighted by molar-refractivity contribution is 5.94. The van der Waals surface area contributed by atoms with Crippen molar-refractivity contribution >= 4 is 5.78 Å². The molecular formula is C11H16O2. The number of furan rings is 1. The number of aryl methyl sites for hydroxylation is 1. The molecular weight excluding hydrogens is 164 g/mol. The monoisotopic (exact) mass is 180 g/mol. The van der Waals surface area contributed by atoms with Crippen LogP contribution in [-0.4, -0.2) is 5.78 Å². The fourth-order valence-electron chi connectivity index (χ4n) is 1.19. The molecule has 1 aromatic heterocycles. The third-order valence-electron chi connectivity index (χ3n) is 2.06. The maximum absolute atomic E-state index is 11.5. The van der Waals surface area contributed by atoms with Crippen molar-refractivity contribution in [3.63, 3.8) is 0 Å². The van der Waals surface area contributed by atoms with E-state index in [1.165, 1.54) is 0 Å². The van der Waals surface area contributed by atoms with Gasteiger partial charge in [0.15, 0.2) is 11.5 Å². The summed E-state index contributed by atoms with van der Waals surface area (Å²) in [6.07, 6.45) is 3.09. The van der Waals surface area contributed by atoms with E-state index in [9.17, 15) is 4.79 Å². The van der Waals surface area contributed by atoms with Gasteiger partial charge in [0, 0.05) is 6.42 Å². The van der Waals surface area contributed by atoms with E-state index in [0.29, 0.717) is 18.1 Å². The molecule has 0 spiro atoms. The van der Waals surface area contributed by atoms with Crippen molar-refractivity contribution in [2.24, 2.45) is 5.92 Å². The molecule has 0 fully saturated rings. The van der Waals surface area contributed by atoms with Crippen molar-refractivity contribution < 1.29 is 9.21 Å². The zero-order valence-electron chi connectivity index (χ0n) is 8.46. The van der Waals surface area contributed by atoms with Crippen LogP contribution in [0.15, 0.2) is 16.7 Å². The molecule has 0 aliphatic heterocycles. The maximum atomic E-state index is 11.5. The molecule has 2 heteroatoms. The first-order valence-corrected chi connectivity index (χ1v) is 4.68. The van der Waals surface area contributed by atoms with Gasteiger partial charge in [-0.25, -0.2) is 0 Å². The third kappa shape index (κ3) is 2.72. The van der Waals surface area contributed by atoms with Gasteiger partial charge in [0.25, 0.3) is 0 Å². The summed E-state index contributed by atoms with van der Waals surface area (Å²) < 4.78 is 5.11. The summed E-state index contributed by atoms with van der Waals surface area (Å²) >= 11 is 0. The smallest absolute Gasteiger partial charge is 0.198 e. The van der Waals surface area contributed by atoms with Crippen molar-refractivity contribution in [2.45, 2.75) is 33.6 Å². The van der Waals surface area contributed by atoms with Crippen LogP contribution in [0.5, 0.6) is 0 Å². The first kappa shape index (κ1) is 10.0. The first-order valence-electron chi connectivity index (χ1n) is 4.68. The molecule has 13 heavy (non-hydrogen) atoms. The summed E-state index contributed by atoms with van der Waals surface area (Å²) in [5.41, 5.74) is 0.939. The molecule has 1 rings (SSSR count). The van der Waals surface area contributed by atoms with Crippen LogP contribution in [0, 0.1) is 12.8 Å². The summed E-state index contributed by atoms with van der Waals surface area (Å²) in [4.78, 5) is 11.5. The number of carbonyl (C=O) groups is 1. The predicted octanol–water partition coefficient (Wildman–Crippen LogP) is 3.21. The van der Waals surface area contributed by atoms with Crippen LogP contribution in [0.25, 0.3) is 0 Å². The van der Waals surface area contributed by atoms with E-state index in [0.717, 1.165) is 12.0 Å². The molecule has 0 saturated heterocycles. The van der Waals surface area contributed by atoms with Crippen molar-refractivity contribution in [3.8, 4) is 0 Å². The van der Waals surface area contributed by atoms with Crippen molar-refractivity contribution in [3.05, 3.63) is 23.7 Å². The van der Waals surface area contributed by atoms with E-state index >= 15 is 0 Å². The van der Waals surface area contributed by atoms with Crippen LogP contribution < -0.4 is 0 Å². The second kappa shape index (κ2) is 4.26. The summed E-state index contributed by atoms with van der Waals surface area (Å²) in [6.45, 7) is 6.12. The van der Waals surface area contributed by atoms with Crippen LogP contribution in [0.3, 0.4) is 0 Å². The molecule has 1 aromatic rings. The van der Waals surface area contributed by atoms with Crippen LogP contribution in [0.2, 0.25) is 0 Å². The minimum atomic E-state index is 0.121. The fraction of sp³-hybridized carbons (Fsp3) is 0.545. The van der Waals surface area contributed by atoms with Crippen molar-refractivity contribution in [1.29, 1.82) is 0 Å². The predicted molar refractivity (Wildman–Crippen MR) is 51.8 cm³/mol. The molecule has 0 atom stereocenters. The van der Waals surface area contributed by atoms with Crippen LogP contribution in [-0.2, 0) is 0 Å². The van der Waals surface area contributed by atoms with Gasteiger partial charge in [-0.15, -0.1) is 0 Å². The highest BCUT2D eigenvalue weighted by Crippen LogP contribution is 2.14. The molecule has 0 radical (unpaired) electrons.